The summed E-state index contributed by atoms with van der Waals surface area (Å²) >= 11 is 3.83. The van der Waals surface area contributed by atoms with Gasteiger partial charge in [0.25, 0.3) is 0 Å². The Hall–Kier alpha value is -0.760. The van der Waals surface area contributed by atoms with Gasteiger partial charge in [-0.15, -0.1) is 11.3 Å². The molecule has 0 saturated carbocycles. The number of rotatable bonds is 3. The summed E-state index contributed by atoms with van der Waals surface area (Å²) in [5, 5.41) is 3.10. The van der Waals surface area contributed by atoms with Gasteiger partial charge >= 0.3 is 0 Å². The minimum absolute atomic E-state index is 0.569. The third kappa shape index (κ3) is 2.92. The van der Waals surface area contributed by atoms with Crippen molar-refractivity contribution in [1.82, 2.24) is 15.0 Å². The number of nitrogens with zero attached hydrogens (tertiary/aromatic N) is 3. The number of aryl methyl sites for hydroxylation is 2. The second-order valence-electron chi connectivity index (χ2n) is 3.67. The lowest BCUT2D eigenvalue weighted by Gasteiger charge is -2.06. The Morgan fingerprint density at radius 1 is 1.35 bits per heavy atom. The summed E-state index contributed by atoms with van der Waals surface area (Å²) in [4.78, 5) is 13.2. The summed E-state index contributed by atoms with van der Waals surface area (Å²) in [7, 11) is 0. The normalized spacial score (nSPS) is 10.8. The molecule has 6 heteroatoms. The highest BCUT2D eigenvalue weighted by Gasteiger charge is 2.10. The minimum atomic E-state index is 0.569. The number of thiazole rings is 1. The molecule has 4 nitrogen and oxygen atoms in total. The van der Waals surface area contributed by atoms with E-state index >= 15 is 0 Å². The van der Waals surface area contributed by atoms with Crippen LogP contribution in [0.1, 0.15) is 29.1 Å². The maximum atomic E-state index is 5.88. The van der Waals surface area contributed by atoms with Crippen LogP contribution < -0.4 is 5.73 Å². The van der Waals surface area contributed by atoms with Crippen molar-refractivity contribution in [1.29, 1.82) is 0 Å². The molecule has 2 aromatic rings. The molecule has 0 aliphatic heterocycles. The molecular weight excluding hydrogens is 347 g/mol. The van der Waals surface area contributed by atoms with Gasteiger partial charge in [-0.25, -0.2) is 15.0 Å². The van der Waals surface area contributed by atoms with Gasteiger partial charge in [0.1, 0.15) is 11.6 Å². The molecule has 0 atom stereocenters. The first-order valence-electron chi connectivity index (χ1n) is 5.32. The number of hydrogen-bond donors (Lipinski definition) is 1. The Labute approximate surface area is 118 Å². The Morgan fingerprint density at radius 3 is 2.71 bits per heavy atom. The van der Waals surface area contributed by atoms with Crippen LogP contribution in [0, 0.1) is 10.5 Å². The van der Waals surface area contributed by atoms with E-state index in [1.807, 2.05) is 12.3 Å². The fourth-order valence-electron chi connectivity index (χ4n) is 1.53. The monoisotopic (exact) mass is 360 g/mol. The van der Waals surface area contributed by atoms with Crippen LogP contribution in [-0.4, -0.2) is 15.0 Å². The van der Waals surface area contributed by atoms with Crippen molar-refractivity contribution in [3.63, 3.8) is 0 Å². The van der Waals surface area contributed by atoms with Gasteiger partial charge in [-0.05, 0) is 35.9 Å². The lowest BCUT2D eigenvalue weighted by molar-refractivity contribution is 0.887. The molecule has 90 valence electrons. The zero-order chi connectivity index (χ0) is 12.4. The van der Waals surface area contributed by atoms with E-state index in [1.54, 1.807) is 11.3 Å². The fraction of sp³-hybridized carbons (Fsp3) is 0.364. The van der Waals surface area contributed by atoms with Gasteiger partial charge in [-0.3, -0.25) is 0 Å². The quantitative estimate of drug-likeness (QED) is 0.855. The van der Waals surface area contributed by atoms with E-state index in [4.69, 9.17) is 5.73 Å². The molecule has 0 aliphatic carbocycles. The van der Waals surface area contributed by atoms with Crippen LogP contribution in [0.3, 0.4) is 0 Å². The van der Waals surface area contributed by atoms with Crippen molar-refractivity contribution < 1.29 is 0 Å². The summed E-state index contributed by atoms with van der Waals surface area (Å²) in [5.41, 5.74) is 7.90. The standard InChI is InChI=1S/C11H13IN4S/c1-3-8-10(12)11(13)16-9(15-8)4-7-5-17-6(2)14-7/h5H,3-4H2,1-2H3,(H2,13,15,16). The zero-order valence-corrected chi connectivity index (χ0v) is 12.7. The van der Waals surface area contributed by atoms with Crippen molar-refractivity contribution in [2.75, 3.05) is 5.73 Å². The van der Waals surface area contributed by atoms with Gasteiger partial charge < -0.3 is 5.73 Å². The SMILES string of the molecule is CCc1nc(Cc2csc(C)n2)nc(N)c1I. The summed E-state index contributed by atoms with van der Waals surface area (Å²) < 4.78 is 0.961. The highest BCUT2D eigenvalue weighted by atomic mass is 127. The molecule has 0 fully saturated rings. The summed E-state index contributed by atoms with van der Waals surface area (Å²) in [6, 6.07) is 0. The first kappa shape index (κ1) is 12.7. The van der Waals surface area contributed by atoms with E-state index in [2.05, 4.69) is 44.5 Å². The van der Waals surface area contributed by atoms with Crippen molar-refractivity contribution in [3.8, 4) is 0 Å². The molecule has 2 heterocycles. The number of aromatic nitrogens is 3. The second kappa shape index (κ2) is 5.26. The highest BCUT2D eigenvalue weighted by molar-refractivity contribution is 14.1. The first-order chi connectivity index (χ1) is 8.10. The zero-order valence-electron chi connectivity index (χ0n) is 9.70. The number of halogens is 1. The van der Waals surface area contributed by atoms with Gasteiger partial charge in [-0.1, -0.05) is 6.92 Å². The van der Waals surface area contributed by atoms with E-state index in [-0.39, 0.29) is 0 Å². The summed E-state index contributed by atoms with van der Waals surface area (Å²) in [6.07, 6.45) is 1.52. The molecule has 0 radical (unpaired) electrons. The molecule has 0 unspecified atom stereocenters. The van der Waals surface area contributed by atoms with Gasteiger partial charge in [-0.2, -0.15) is 0 Å². The first-order valence-corrected chi connectivity index (χ1v) is 7.27. The van der Waals surface area contributed by atoms with Gasteiger partial charge in [0.15, 0.2) is 0 Å². The maximum Gasteiger partial charge on any atom is 0.140 e. The van der Waals surface area contributed by atoms with Gasteiger partial charge in [0.05, 0.1) is 26.4 Å². The van der Waals surface area contributed by atoms with E-state index < -0.39 is 0 Å². The Balaban J connectivity index is 2.30. The number of hydrogen-bond acceptors (Lipinski definition) is 5. The van der Waals surface area contributed by atoms with Crippen molar-refractivity contribution in [2.24, 2.45) is 0 Å². The Bertz CT molecular complexity index is 538. The largest absolute Gasteiger partial charge is 0.383 e. The number of nitrogen functional groups attached to an aromatic ring is 1. The molecule has 0 spiro atoms. The molecule has 0 aliphatic rings. The summed E-state index contributed by atoms with van der Waals surface area (Å²) in [5.74, 6) is 1.32. The number of anilines is 1. The second-order valence-corrected chi connectivity index (χ2v) is 5.81. The molecule has 0 amide bonds. The Morgan fingerprint density at radius 2 is 2.12 bits per heavy atom. The predicted octanol–water partition coefficient (Wildman–Crippen LogP) is 2.58. The van der Waals surface area contributed by atoms with Crippen LogP contribution in [0.25, 0.3) is 0 Å². The van der Waals surface area contributed by atoms with Crippen LogP contribution in [-0.2, 0) is 12.8 Å². The molecular formula is C11H13IN4S. The summed E-state index contributed by atoms with van der Waals surface area (Å²) in [6.45, 7) is 4.06. The predicted molar refractivity (Wildman–Crippen MR) is 78.2 cm³/mol. The van der Waals surface area contributed by atoms with Crippen molar-refractivity contribution in [2.45, 2.75) is 26.7 Å². The van der Waals surface area contributed by atoms with Crippen LogP contribution >= 0.6 is 33.9 Å². The topological polar surface area (TPSA) is 64.7 Å². The molecule has 0 aromatic carbocycles. The average molecular weight is 360 g/mol. The van der Waals surface area contributed by atoms with Crippen LogP contribution in [0.15, 0.2) is 5.38 Å². The van der Waals surface area contributed by atoms with Crippen LogP contribution in [0.5, 0.6) is 0 Å². The molecule has 0 bridgehead atoms. The van der Waals surface area contributed by atoms with Crippen molar-refractivity contribution in [3.05, 3.63) is 31.2 Å². The van der Waals surface area contributed by atoms with Crippen LogP contribution in [0.2, 0.25) is 0 Å². The van der Waals surface area contributed by atoms with E-state index in [1.165, 1.54) is 0 Å². The van der Waals surface area contributed by atoms with E-state index in [9.17, 15) is 0 Å². The average Bonchev–Trinajstić information content (AvgIpc) is 2.69. The third-order valence-electron chi connectivity index (χ3n) is 2.33. The van der Waals surface area contributed by atoms with E-state index in [0.29, 0.717) is 12.2 Å². The van der Waals surface area contributed by atoms with Crippen molar-refractivity contribution >= 4 is 39.7 Å². The molecule has 0 saturated heterocycles. The molecule has 2 aromatic heterocycles. The number of nitrogens with two attached hydrogens (primary N) is 1. The fourth-order valence-corrected chi connectivity index (χ4v) is 2.77. The lowest BCUT2D eigenvalue weighted by atomic mass is 10.2. The highest BCUT2D eigenvalue weighted by Crippen LogP contribution is 2.18. The van der Waals surface area contributed by atoms with Gasteiger partial charge in [0.2, 0.25) is 0 Å². The molecule has 2 rings (SSSR count). The van der Waals surface area contributed by atoms with Crippen LogP contribution in [0.4, 0.5) is 5.82 Å². The minimum Gasteiger partial charge on any atom is -0.383 e. The maximum absolute atomic E-state index is 5.88. The van der Waals surface area contributed by atoms with Gasteiger partial charge in [0, 0.05) is 5.38 Å². The molecule has 2 N–H and O–H groups in total. The smallest absolute Gasteiger partial charge is 0.140 e. The molecule has 17 heavy (non-hydrogen) atoms. The van der Waals surface area contributed by atoms with E-state index in [0.717, 1.165) is 32.2 Å². The third-order valence-corrected chi connectivity index (χ3v) is 4.33. The lowest BCUT2D eigenvalue weighted by Crippen LogP contribution is -2.07. The Kier molecular flexibility index (Phi) is 3.93.